The van der Waals surface area contributed by atoms with E-state index in [0.29, 0.717) is 26.2 Å². The molecule has 0 spiro atoms. The average molecular weight is 314 g/mol. The molecule has 1 heterocycles. The third-order valence-electron chi connectivity index (χ3n) is 3.58. The molecule has 1 unspecified atom stereocenters. The van der Waals surface area contributed by atoms with Crippen molar-refractivity contribution in [3.05, 3.63) is 29.8 Å². The molecule has 5 nitrogen and oxygen atoms in total. The number of rotatable bonds is 7. The van der Waals surface area contributed by atoms with E-state index >= 15 is 0 Å². The van der Waals surface area contributed by atoms with E-state index in [1.54, 1.807) is 7.11 Å². The highest BCUT2D eigenvalue weighted by Gasteiger charge is 2.55. The van der Waals surface area contributed by atoms with Crippen molar-refractivity contribution in [3.63, 3.8) is 0 Å². The first-order chi connectivity index (χ1) is 10.1. The zero-order valence-electron chi connectivity index (χ0n) is 12.8. The number of hydrogen-bond donors (Lipinski definition) is 0. The molecule has 0 aromatic heterocycles. The standard InChI is InChI=1S/C15H23O5P/c1-4-19-21(16,20-5-2)15(11-6-12-18-15)13-7-9-14(17-3)10-8-13/h7-10H,4-6,11-12H2,1-3H3. The predicted molar refractivity (Wildman–Crippen MR) is 80.7 cm³/mol. The van der Waals surface area contributed by atoms with Gasteiger partial charge in [0.15, 0.2) is 5.34 Å². The highest BCUT2D eigenvalue weighted by molar-refractivity contribution is 7.55. The van der Waals surface area contributed by atoms with Gasteiger partial charge in [-0.1, -0.05) is 12.1 Å². The molecule has 118 valence electrons. The van der Waals surface area contributed by atoms with Crippen LogP contribution in [0.1, 0.15) is 32.3 Å². The van der Waals surface area contributed by atoms with Gasteiger partial charge in [0.25, 0.3) is 0 Å². The zero-order valence-corrected chi connectivity index (χ0v) is 13.7. The van der Waals surface area contributed by atoms with Crippen LogP contribution in [0.4, 0.5) is 0 Å². The van der Waals surface area contributed by atoms with E-state index < -0.39 is 12.9 Å². The van der Waals surface area contributed by atoms with E-state index in [0.717, 1.165) is 17.7 Å². The lowest BCUT2D eigenvalue weighted by atomic mass is 10.1. The van der Waals surface area contributed by atoms with E-state index in [1.165, 1.54) is 0 Å². The van der Waals surface area contributed by atoms with Crippen LogP contribution < -0.4 is 4.74 Å². The maximum Gasteiger partial charge on any atom is 0.366 e. The quantitative estimate of drug-likeness (QED) is 0.714. The molecule has 0 bridgehead atoms. The molecule has 1 fully saturated rings. The Hall–Kier alpha value is -0.870. The van der Waals surface area contributed by atoms with Crippen molar-refractivity contribution in [2.75, 3.05) is 26.9 Å². The molecule has 21 heavy (non-hydrogen) atoms. The van der Waals surface area contributed by atoms with Crippen LogP contribution in [0, 0.1) is 0 Å². The zero-order chi connectivity index (χ0) is 15.3. The Kier molecular flexibility index (Phi) is 5.44. The fourth-order valence-electron chi connectivity index (χ4n) is 2.66. The van der Waals surface area contributed by atoms with Crippen LogP contribution in [0.5, 0.6) is 5.75 Å². The molecular formula is C15H23O5P. The topological polar surface area (TPSA) is 54.0 Å². The van der Waals surface area contributed by atoms with E-state index in [4.69, 9.17) is 18.5 Å². The lowest BCUT2D eigenvalue weighted by Crippen LogP contribution is -2.27. The van der Waals surface area contributed by atoms with Gasteiger partial charge in [-0.15, -0.1) is 0 Å². The third-order valence-corrected chi connectivity index (χ3v) is 6.27. The summed E-state index contributed by atoms with van der Waals surface area (Å²) in [6.07, 6.45) is 1.45. The van der Waals surface area contributed by atoms with E-state index in [1.807, 2.05) is 38.1 Å². The molecule has 2 rings (SSSR count). The summed E-state index contributed by atoms with van der Waals surface area (Å²) in [6, 6.07) is 7.41. The second kappa shape index (κ2) is 6.93. The number of hydrogen-bond acceptors (Lipinski definition) is 5. The monoisotopic (exact) mass is 314 g/mol. The number of benzene rings is 1. The first-order valence-electron chi connectivity index (χ1n) is 7.29. The third kappa shape index (κ3) is 3.02. The Morgan fingerprint density at radius 3 is 2.24 bits per heavy atom. The minimum Gasteiger partial charge on any atom is -0.497 e. The summed E-state index contributed by atoms with van der Waals surface area (Å²) < 4.78 is 35.5. The minimum absolute atomic E-state index is 0.318. The Morgan fingerprint density at radius 2 is 1.81 bits per heavy atom. The smallest absolute Gasteiger partial charge is 0.366 e. The minimum atomic E-state index is -3.41. The first-order valence-corrected chi connectivity index (χ1v) is 8.84. The molecule has 6 heteroatoms. The molecule has 0 amide bonds. The van der Waals surface area contributed by atoms with E-state index in [2.05, 4.69) is 0 Å². The summed E-state index contributed by atoms with van der Waals surface area (Å²) in [5.41, 5.74) is 0.811. The maximum absolute atomic E-state index is 13.3. The molecule has 0 aliphatic carbocycles. The largest absolute Gasteiger partial charge is 0.497 e. The summed E-state index contributed by atoms with van der Waals surface area (Å²) in [5, 5.41) is -1.01. The highest BCUT2D eigenvalue weighted by atomic mass is 31.2. The van der Waals surface area contributed by atoms with E-state index in [9.17, 15) is 4.57 Å². The molecule has 1 aromatic carbocycles. The van der Waals surface area contributed by atoms with Crippen molar-refractivity contribution in [3.8, 4) is 5.75 Å². The summed E-state index contributed by atoms with van der Waals surface area (Å²) in [7, 11) is -1.79. The van der Waals surface area contributed by atoms with Gasteiger partial charge >= 0.3 is 7.60 Å². The van der Waals surface area contributed by atoms with Gasteiger partial charge in [0.2, 0.25) is 0 Å². The van der Waals surface area contributed by atoms with Gasteiger partial charge in [0.05, 0.1) is 20.3 Å². The molecule has 1 saturated heterocycles. The molecule has 1 aliphatic rings. The van der Waals surface area contributed by atoms with E-state index in [-0.39, 0.29) is 0 Å². The van der Waals surface area contributed by atoms with Crippen LogP contribution in [0.25, 0.3) is 0 Å². The summed E-state index contributed by atoms with van der Waals surface area (Å²) in [6.45, 7) is 4.80. The van der Waals surface area contributed by atoms with Crippen molar-refractivity contribution in [1.29, 1.82) is 0 Å². The normalized spacial score (nSPS) is 22.4. The molecule has 0 saturated carbocycles. The molecular weight excluding hydrogens is 291 g/mol. The molecule has 0 N–H and O–H groups in total. The van der Waals surface area contributed by atoms with Crippen LogP contribution in [0.3, 0.4) is 0 Å². The van der Waals surface area contributed by atoms with Gasteiger partial charge in [-0.25, -0.2) is 0 Å². The molecule has 1 atom stereocenters. The lowest BCUT2D eigenvalue weighted by molar-refractivity contribution is 0.0320. The SMILES string of the molecule is CCOP(=O)(OCC)C1(c2ccc(OC)cc2)CCCO1. The van der Waals surface area contributed by atoms with Gasteiger partial charge in [0, 0.05) is 6.61 Å². The summed E-state index contributed by atoms with van der Waals surface area (Å²) >= 11 is 0. The van der Waals surface area contributed by atoms with Crippen molar-refractivity contribution in [2.45, 2.75) is 32.0 Å². The first kappa shape index (κ1) is 16.5. The van der Waals surface area contributed by atoms with Crippen LogP contribution >= 0.6 is 7.60 Å². The van der Waals surface area contributed by atoms with Gasteiger partial charge in [-0.3, -0.25) is 4.57 Å². The summed E-state index contributed by atoms with van der Waals surface area (Å²) in [4.78, 5) is 0. The maximum atomic E-state index is 13.3. The Balaban J connectivity index is 2.45. The highest BCUT2D eigenvalue weighted by Crippen LogP contribution is 2.69. The fraction of sp³-hybridized carbons (Fsp3) is 0.600. The van der Waals surface area contributed by atoms with Gasteiger partial charge < -0.3 is 18.5 Å². The average Bonchev–Trinajstić information content (AvgIpc) is 2.99. The Bertz CT molecular complexity index is 483. The second-order valence-electron chi connectivity index (χ2n) is 4.80. The predicted octanol–water partition coefficient (Wildman–Crippen LogP) is 3.92. The van der Waals surface area contributed by atoms with Crippen LogP contribution in [0.2, 0.25) is 0 Å². The fourth-order valence-corrected chi connectivity index (χ4v) is 4.98. The Morgan fingerprint density at radius 1 is 1.19 bits per heavy atom. The van der Waals surface area contributed by atoms with Crippen LogP contribution in [-0.2, 0) is 23.7 Å². The van der Waals surface area contributed by atoms with Crippen LogP contribution in [0.15, 0.2) is 24.3 Å². The number of ether oxygens (including phenoxy) is 2. The number of methoxy groups -OCH3 is 1. The molecule has 0 radical (unpaired) electrons. The summed E-state index contributed by atoms with van der Waals surface area (Å²) in [5.74, 6) is 0.745. The van der Waals surface area contributed by atoms with Crippen molar-refractivity contribution in [2.24, 2.45) is 0 Å². The van der Waals surface area contributed by atoms with Crippen molar-refractivity contribution < 1.29 is 23.1 Å². The van der Waals surface area contributed by atoms with Crippen molar-refractivity contribution in [1.82, 2.24) is 0 Å². The van der Waals surface area contributed by atoms with Crippen LogP contribution in [-0.4, -0.2) is 26.9 Å². The van der Waals surface area contributed by atoms with Gasteiger partial charge in [-0.2, -0.15) is 0 Å². The second-order valence-corrected chi connectivity index (χ2v) is 7.03. The Labute approximate surface area is 126 Å². The lowest BCUT2D eigenvalue weighted by Gasteiger charge is -2.35. The molecule has 1 aliphatic heterocycles. The van der Waals surface area contributed by atoms with Gasteiger partial charge in [-0.05, 0) is 44.4 Å². The van der Waals surface area contributed by atoms with Crippen molar-refractivity contribution >= 4 is 7.60 Å². The molecule has 1 aromatic rings. The van der Waals surface area contributed by atoms with Gasteiger partial charge in [0.1, 0.15) is 5.75 Å².